The third-order valence-corrected chi connectivity index (χ3v) is 5.65. The van der Waals surface area contributed by atoms with E-state index in [0.717, 1.165) is 12.1 Å². The molecule has 0 bridgehead atoms. The Bertz CT molecular complexity index is 1040. The molecule has 1 aliphatic rings. The van der Waals surface area contributed by atoms with Crippen molar-refractivity contribution in [1.82, 2.24) is 4.72 Å². The summed E-state index contributed by atoms with van der Waals surface area (Å²) in [6, 6.07) is 7.55. The summed E-state index contributed by atoms with van der Waals surface area (Å²) in [5, 5.41) is 2.76. The molecule has 2 N–H and O–H groups in total. The van der Waals surface area contributed by atoms with Gasteiger partial charge in [-0.2, -0.15) is 13.2 Å². The van der Waals surface area contributed by atoms with Crippen LogP contribution in [0.15, 0.2) is 41.3 Å². The van der Waals surface area contributed by atoms with E-state index in [1.54, 1.807) is 0 Å². The van der Waals surface area contributed by atoms with Gasteiger partial charge in [-0.25, -0.2) is 13.1 Å². The number of hydrogen-bond acceptors (Lipinski definition) is 5. The van der Waals surface area contributed by atoms with Gasteiger partial charge in [0.15, 0.2) is 11.5 Å². The van der Waals surface area contributed by atoms with Crippen molar-refractivity contribution in [2.45, 2.75) is 17.5 Å². The normalized spacial score (nSPS) is 14.1. The van der Waals surface area contributed by atoms with Crippen LogP contribution in [0, 0.1) is 0 Å². The molecular formula is C18H16ClF3N2O5S. The highest BCUT2D eigenvalue weighted by Gasteiger charge is 2.30. The number of halogens is 4. The molecule has 0 atom stereocenters. The van der Waals surface area contributed by atoms with E-state index in [2.05, 4.69) is 5.32 Å². The van der Waals surface area contributed by atoms with Gasteiger partial charge in [0.1, 0.15) is 6.54 Å². The van der Waals surface area contributed by atoms with E-state index in [1.807, 2.05) is 0 Å². The summed E-state index contributed by atoms with van der Waals surface area (Å²) in [6.45, 7) is -0.837. The van der Waals surface area contributed by atoms with E-state index >= 15 is 0 Å². The average molecular weight is 465 g/mol. The standard InChI is InChI=1S/C18H16ClF3N2O5S/c19-14-8-11(9-15-16(14)29-7-1-6-28-15)17(25)24-12-2-4-13(5-3-12)30(26,27)23-10-18(20,21)22/h2-5,8-9,23H,1,6-7,10H2,(H,24,25). The molecule has 0 spiro atoms. The predicted molar refractivity (Wildman–Crippen MR) is 103 cm³/mol. The van der Waals surface area contributed by atoms with E-state index < -0.39 is 28.7 Å². The van der Waals surface area contributed by atoms with Crippen LogP contribution in [-0.4, -0.2) is 40.3 Å². The summed E-state index contributed by atoms with van der Waals surface area (Å²) < 4.78 is 73.0. The first-order chi connectivity index (χ1) is 14.0. The lowest BCUT2D eigenvalue weighted by Crippen LogP contribution is -2.33. The highest BCUT2D eigenvalue weighted by Crippen LogP contribution is 2.38. The first kappa shape index (κ1) is 22.2. The van der Waals surface area contributed by atoms with Crippen LogP contribution < -0.4 is 19.5 Å². The fraction of sp³-hybridized carbons (Fsp3) is 0.278. The minimum absolute atomic E-state index is 0.188. The molecule has 1 heterocycles. The van der Waals surface area contributed by atoms with Crippen LogP contribution in [0.1, 0.15) is 16.8 Å². The Kier molecular flexibility index (Phi) is 6.44. The van der Waals surface area contributed by atoms with Gasteiger partial charge in [-0.1, -0.05) is 11.6 Å². The molecule has 2 aromatic rings. The highest BCUT2D eigenvalue weighted by molar-refractivity contribution is 7.89. The number of benzene rings is 2. The molecule has 3 rings (SSSR count). The zero-order valence-electron chi connectivity index (χ0n) is 15.3. The fourth-order valence-electron chi connectivity index (χ4n) is 2.54. The van der Waals surface area contributed by atoms with E-state index in [4.69, 9.17) is 21.1 Å². The topological polar surface area (TPSA) is 93.7 Å². The quantitative estimate of drug-likeness (QED) is 0.705. The molecule has 0 saturated heterocycles. The minimum atomic E-state index is -4.68. The molecule has 0 radical (unpaired) electrons. The van der Waals surface area contributed by atoms with Gasteiger partial charge < -0.3 is 14.8 Å². The fourth-order valence-corrected chi connectivity index (χ4v) is 3.82. The molecule has 162 valence electrons. The number of hydrogen-bond donors (Lipinski definition) is 2. The second-order valence-electron chi connectivity index (χ2n) is 6.25. The van der Waals surface area contributed by atoms with Crippen LogP contribution in [0.4, 0.5) is 18.9 Å². The maximum atomic E-state index is 12.5. The van der Waals surface area contributed by atoms with Crippen molar-refractivity contribution in [3.8, 4) is 11.5 Å². The number of fused-ring (bicyclic) bond motifs is 1. The molecule has 0 unspecified atom stereocenters. The molecule has 1 aliphatic heterocycles. The smallest absolute Gasteiger partial charge is 0.402 e. The Balaban J connectivity index is 1.72. The minimum Gasteiger partial charge on any atom is -0.489 e. The van der Waals surface area contributed by atoms with Crippen molar-refractivity contribution in [2.75, 3.05) is 25.1 Å². The maximum absolute atomic E-state index is 12.5. The van der Waals surface area contributed by atoms with Crippen molar-refractivity contribution in [1.29, 1.82) is 0 Å². The number of nitrogens with one attached hydrogen (secondary N) is 2. The van der Waals surface area contributed by atoms with Gasteiger partial charge in [-0.05, 0) is 36.4 Å². The second kappa shape index (κ2) is 8.70. The molecule has 0 saturated carbocycles. The number of anilines is 1. The molecule has 12 heteroatoms. The number of carbonyl (C=O) groups is 1. The third-order valence-electron chi connectivity index (χ3n) is 3.95. The number of alkyl halides is 3. The maximum Gasteiger partial charge on any atom is 0.402 e. The molecular weight excluding hydrogens is 449 g/mol. The molecule has 7 nitrogen and oxygen atoms in total. The summed E-state index contributed by atoms with van der Waals surface area (Å²) in [6.07, 6.45) is -4.01. The average Bonchev–Trinajstić information content (AvgIpc) is 2.92. The van der Waals surface area contributed by atoms with Crippen LogP contribution in [0.5, 0.6) is 11.5 Å². The van der Waals surface area contributed by atoms with Crippen LogP contribution >= 0.6 is 11.6 Å². The van der Waals surface area contributed by atoms with Crippen LogP contribution in [0.2, 0.25) is 5.02 Å². The number of rotatable bonds is 5. The second-order valence-corrected chi connectivity index (χ2v) is 8.43. The lowest BCUT2D eigenvalue weighted by molar-refractivity contribution is -0.121. The molecule has 2 aromatic carbocycles. The van der Waals surface area contributed by atoms with E-state index in [0.29, 0.717) is 31.1 Å². The van der Waals surface area contributed by atoms with Crippen molar-refractivity contribution in [2.24, 2.45) is 0 Å². The zero-order valence-corrected chi connectivity index (χ0v) is 16.8. The first-order valence-electron chi connectivity index (χ1n) is 8.62. The van der Waals surface area contributed by atoms with Gasteiger partial charge >= 0.3 is 6.18 Å². The Morgan fingerprint density at radius 3 is 2.43 bits per heavy atom. The number of amides is 1. The Labute approximate surface area is 175 Å². The van der Waals surface area contributed by atoms with Gasteiger partial charge in [0, 0.05) is 17.7 Å². The largest absolute Gasteiger partial charge is 0.489 e. The number of sulfonamides is 1. The summed E-state index contributed by atoms with van der Waals surface area (Å²) in [7, 11) is -4.34. The van der Waals surface area contributed by atoms with Crippen molar-refractivity contribution >= 4 is 33.2 Å². The van der Waals surface area contributed by atoms with Gasteiger partial charge in [0.25, 0.3) is 5.91 Å². The van der Waals surface area contributed by atoms with E-state index in [-0.39, 0.29) is 21.2 Å². The molecule has 0 fully saturated rings. The molecule has 1 amide bonds. The Hall–Kier alpha value is -2.50. The first-order valence-corrected chi connectivity index (χ1v) is 10.5. The summed E-state index contributed by atoms with van der Waals surface area (Å²) in [5.74, 6) is 0.146. The number of ether oxygens (including phenoxy) is 2. The Morgan fingerprint density at radius 2 is 1.77 bits per heavy atom. The molecule has 0 aliphatic carbocycles. The van der Waals surface area contributed by atoms with Crippen molar-refractivity contribution in [3.05, 3.63) is 47.0 Å². The molecule has 30 heavy (non-hydrogen) atoms. The summed E-state index contributed by atoms with van der Waals surface area (Å²) in [5.41, 5.74) is 0.422. The number of carbonyl (C=O) groups excluding carboxylic acids is 1. The monoisotopic (exact) mass is 464 g/mol. The van der Waals surface area contributed by atoms with Gasteiger partial charge in [0.05, 0.1) is 23.1 Å². The Morgan fingerprint density at radius 1 is 1.10 bits per heavy atom. The van der Waals surface area contributed by atoms with Crippen LogP contribution in [-0.2, 0) is 10.0 Å². The SMILES string of the molecule is O=C(Nc1ccc(S(=O)(=O)NCC(F)(F)F)cc1)c1cc(Cl)c2c(c1)OCCCO2. The van der Waals surface area contributed by atoms with Crippen LogP contribution in [0.25, 0.3) is 0 Å². The lowest BCUT2D eigenvalue weighted by atomic mass is 10.1. The van der Waals surface area contributed by atoms with Gasteiger partial charge in [-0.15, -0.1) is 0 Å². The van der Waals surface area contributed by atoms with E-state index in [1.165, 1.54) is 29.0 Å². The van der Waals surface area contributed by atoms with Crippen molar-refractivity contribution in [3.63, 3.8) is 0 Å². The zero-order chi connectivity index (χ0) is 21.9. The van der Waals surface area contributed by atoms with Crippen molar-refractivity contribution < 1.29 is 35.9 Å². The lowest BCUT2D eigenvalue weighted by Gasteiger charge is -2.12. The summed E-state index contributed by atoms with van der Waals surface area (Å²) in [4.78, 5) is 12.1. The molecule has 0 aromatic heterocycles. The summed E-state index contributed by atoms with van der Waals surface area (Å²) >= 11 is 6.16. The van der Waals surface area contributed by atoms with Gasteiger partial charge in [0.2, 0.25) is 10.0 Å². The third kappa shape index (κ3) is 5.55. The van der Waals surface area contributed by atoms with E-state index in [9.17, 15) is 26.4 Å². The highest BCUT2D eigenvalue weighted by atomic mass is 35.5. The van der Waals surface area contributed by atoms with Gasteiger partial charge in [-0.3, -0.25) is 4.79 Å². The van der Waals surface area contributed by atoms with Crippen LogP contribution in [0.3, 0.4) is 0 Å². The predicted octanol–water partition coefficient (Wildman–Crippen LogP) is 3.59.